The second-order valence-corrected chi connectivity index (χ2v) is 14.2. The molecule has 2 heterocycles. The van der Waals surface area contributed by atoms with Crippen molar-refractivity contribution in [3.8, 4) is 11.4 Å². The van der Waals surface area contributed by atoms with Crippen molar-refractivity contribution in [2.75, 3.05) is 0 Å². The highest BCUT2D eigenvalue weighted by molar-refractivity contribution is 5.96. The summed E-state index contributed by atoms with van der Waals surface area (Å²) in [6.07, 6.45) is 52.4. The lowest BCUT2D eigenvalue weighted by Gasteiger charge is -2.29. The zero-order valence-corrected chi connectivity index (χ0v) is 27.7. The van der Waals surface area contributed by atoms with Crippen LogP contribution in [-0.2, 0) is 0 Å². The molecule has 0 radical (unpaired) electrons. The minimum absolute atomic E-state index is 0.318. The molecule has 3 heteroatoms. The predicted molar refractivity (Wildman–Crippen MR) is 204 cm³/mol. The van der Waals surface area contributed by atoms with E-state index in [1.54, 1.807) is 0 Å². The highest BCUT2D eigenvalue weighted by Gasteiger charge is 2.31. The molecule has 0 saturated carbocycles. The average Bonchev–Trinajstić information content (AvgIpc) is 3.52. The molecule has 1 aromatic carbocycles. The molecule has 4 unspecified atom stereocenters. The summed E-state index contributed by atoms with van der Waals surface area (Å²) in [4.78, 5) is 10.6. The number of nitrogens with zero attached hydrogens (tertiary/aromatic N) is 3. The van der Waals surface area contributed by atoms with Gasteiger partial charge in [0.15, 0.2) is 5.82 Å². The molecule has 0 spiro atoms. The molecule has 4 atom stereocenters. The lowest BCUT2D eigenvalue weighted by Crippen LogP contribution is -2.35. The minimum atomic E-state index is 0.318. The van der Waals surface area contributed by atoms with Crippen molar-refractivity contribution in [2.24, 2.45) is 17.8 Å². The quantitative estimate of drug-likeness (QED) is 0.287. The summed E-state index contributed by atoms with van der Waals surface area (Å²) >= 11 is 0. The van der Waals surface area contributed by atoms with Crippen molar-refractivity contribution >= 4 is 40.4 Å². The van der Waals surface area contributed by atoms with Crippen LogP contribution in [0.25, 0.3) is 51.8 Å². The Morgan fingerprint density at radius 3 is 2.29 bits per heavy atom. The summed E-state index contributed by atoms with van der Waals surface area (Å²) in [7, 11) is 0. The van der Waals surface area contributed by atoms with Crippen molar-refractivity contribution in [3.63, 3.8) is 0 Å². The molecule has 49 heavy (non-hydrogen) atoms. The zero-order valence-electron chi connectivity index (χ0n) is 27.7. The van der Waals surface area contributed by atoms with Crippen LogP contribution in [0.2, 0.25) is 0 Å². The Morgan fingerprint density at radius 2 is 1.43 bits per heavy atom. The maximum atomic E-state index is 5.41. The van der Waals surface area contributed by atoms with Crippen LogP contribution in [0.15, 0.2) is 133 Å². The van der Waals surface area contributed by atoms with E-state index >= 15 is 0 Å². The third-order valence-corrected chi connectivity index (χ3v) is 11.3. The largest absolute Gasteiger partial charge is 0.310 e. The summed E-state index contributed by atoms with van der Waals surface area (Å²) in [6.45, 7) is 0. The Balaban J connectivity index is 1.10. The molecular formula is C46H39N3. The summed E-state index contributed by atoms with van der Waals surface area (Å²) < 4.78 is 2.47. The smallest absolute Gasteiger partial charge is 0.160 e. The van der Waals surface area contributed by atoms with Crippen LogP contribution in [0.5, 0.6) is 0 Å². The Labute approximate surface area is 287 Å². The van der Waals surface area contributed by atoms with Gasteiger partial charge in [-0.3, -0.25) is 0 Å². The second kappa shape index (κ2) is 11.7. The maximum Gasteiger partial charge on any atom is 0.160 e. The number of rotatable bonds is 4. The van der Waals surface area contributed by atoms with Crippen molar-refractivity contribution in [1.82, 2.24) is 14.5 Å². The fourth-order valence-electron chi connectivity index (χ4n) is 8.91. The number of hydrogen-bond donors (Lipinski definition) is 0. The standard InChI is InChI=1S/C46H39N3/c1-2-14-35(15-3-1)49-42-27-26-34(29-40(42)44-38-17-7-5-12-31(38)25-28-43(44)49)46-47-41-20-9-8-18-39(41)45(48-46)33-23-21-32(22-24-33)37-19-10-13-30-11-4-6-16-36(30)37/h2,4-7,10-21,23,25-31,36,38H,1,3,8-9,22,24H2. The fourth-order valence-corrected chi connectivity index (χ4v) is 8.91. The minimum Gasteiger partial charge on any atom is -0.310 e. The molecule has 0 aliphatic heterocycles. The van der Waals surface area contributed by atoms with Crippen LogP contribution in [0, 0.1) is 17.8 Å². The van der Waals surface area contributed by atoms with Gasteiger partial charge in [0.2, 0.25) is 0 Å². The first-order chi connectivity index (χ1) is 24.3. The lowest BCUT2D eigenvalue weighted by atomic mass is 9.75. The molecule has 7 aliphatic carbocycles. The van der Waals surface area contributed by atoms with Gasteiger partial charge < -0.3 is 4.57 Å². The molecule has 7 aliphatic rings. The number of aromatic nitrogens is 3. The first-order valence-corrected chi connectivity index (χ1v) is 18.1. The van der Waals surface area contributed by atoms with Crippen molar-refractivity contribution in [1.29, 1.82) is 0 Å². The highest BCUT2D eigenvalue weighted by atomic mass is 15.0. The molecule has 10 rings (SSSR count). The van der Waals surface area contributed by atoms with Crippen LogP contribution >= 0.6 is 0 Å². The number of allylic oxidation sites excluding steroid dienone is 21. The number of fused-ring (bicyclic) bond motifs is 7. The topological polar surface area (TPSA) is 30.7 Å². The van der Waals surface area contributed by atoms with Gasteiger partial charge in [-0.05, 0) is 91.2 Å². The molecule has 2 aromatic heterocycles. The molecule has 238 valence electrons. The molecule has 3 nitrogen and oxygen atoms in total. The SMILES string of the molecule is C1=CC2C=CC=C(C3=CC=C(c4nc(-c5ccc6c(c5)c5c(n6C6=CCCC=C6)C=CC6C=CC=CC56)nc5c4=CCCC=5)CC3)C2C=C1. The number of benzene rings is 1. The fraction of sp³-hybridized carbons (Fsp3) is 0.217. The van der Waals surface area contributed by atoms with Gasteiger partial charge in [0.1, 0.15) is 0 Å². The van der Waals surface area contributed by atoms with Crippen LogP contribution in [0.3, 0.4) is 0 Å². The van der Waals surface area contributed by atoms with E-state index in [1.165, 1.54) is 49.8 Å². The van der Waals surface area contributed by atoms with Gasteiger partial charge >= 0.3 is 0 Å². The monoisotopic (exact) mass is 633 g/mol. The molecule has 0 bridgehead atoms. The summed E-state index contributed by atoms with van der Waals surface area (Å²) in [6, 6.07) is 6.92. The van der Waals surface area contributed by atoms with Gasteiger partial charge in [0.05, 0.1) is 22.3 Å². The Hall–Kier alpha value is -5.28. The van der Waals surface area contributed by atoms with E-state index in [0.29, 0.717) is 23.7 Å². The van der Waals surface area contributed by atoms with Gasteiger partial charge in [-0.15, -0.1) is 0 Å². The van der Waals surface area contributed by atoms with E-state index in [4.69, 9.17) is 9.97 Å². The first kappa shape index (κ1) is 28.7. The van der Waals surface area contributed by atoms with E-state index in [9.17, 15) is 0 Å². The lowest BCUT2D eigenvalue weighted by molar-refractivity contribution is 0.623. The Kier molecular flexibility index (Phi) is 6.85. The van der Waals surface area contributed by atoms with Gasteiger partial charge in [-0.2, -0.15) is 0 Å². The van der Waals surface area contributed by atoms with Crippen molar-refractivity contribution in [3.05, 3.63) is 160 Å². The molecule has 3 aromatic rings. The molecule has 0 fully saturated rings. The molecule has 0 amide bonds. The normalized spacial score (nSPS) is 25.7. The van der Waals surface area contributed by atoms with Gasteiger partial charge in [-0.25, -0.2) is 9.97 Å². The molecular weight excluding hydrogens is 595 g/mol. The molecule has 0 saturated heterocycles. The summed E-state index contributed by atoms with van der Waals surface area (Å²) in [5.41, 5.74) is 11.6. The van der Waals surface area contributed by atoms with E-state index in [2.05, 4.69) is 144 Å². The van der Waals surface area contributed by atoms with Crippen LogP contribution in [0.4, 0.5) is 0 Å². The third kappa shape index (κ3) is 4.78. The van der Waals surface area contributed by atoms with E-state index in [0.717, 1.165) is 61.0 Å². The van der Waals surface area contributed by atoms with Gasteiger partial charge in [0, 0.05) is 45.5 Å². The predicted octanol–water partition coefficient (Wildman–Crippen LogP) is 9.45. The van der Waals surface area contributed by atoms with Crippen molar-refractivity contribution < 1.29 is 0 Å². The zero-order chi connectivity index (χ0) is 32.3. The first-order valence-electron chi connectivity index (χ1n) is 18.1. The number of hydrogen-bond acceptors (Lipinski definition) is 2. The molecule has 0 N–H and O–H groups in total. The van der Waals surface area contributed by atoms with Gasteiger partial charge in [0.25, 0.3) is 0 Å². The van der Waals surface area contributed by atoms with Gasteiger partial charge in [-0.1, -0.05) is 109 Å². The van der Waals surface area contributed by atoms with E-state index < -0.39 is 0 Å². The third-order valence-electron chi connectivity index (χ3n) is 11.3. The van der Waals surface area contributed by atoms with E-state index in [-0.39, 0.29) is 0 Å². The second-order valence-electron chi connectivity index (χ2n) is 14.2. The van der Waals surface area contributed by atoms with Crippen molar-refractivity contribution in [2.45, 2.75) is 44.4 Å². The average molecular weight is 634 g/mol. The Morgan fingerprint density at radius 1 is 0.653 bits per heavy atom. The van der Waals surface area contributed by atoms with Crippen LogP contribution < -0.4 is 10.6 Å². The van der Waals surface area contributed by atoms with E-state index in [1.807, 2.05) is 0 Å². The van der Waals surface area contributed by atoms with Crippen LogP contribution in [-0.4, -0.2) is 14.5 Å². The Bertz CT molecular complexity index is 2400. The maximum absolute atomic E-state index is 5.41. The summed E-state index contributed by atoms with van der Waals surface area (Å²) in [5.74, 6) is 2.41. The van der Waals surface area contributed by atoms with Crippen LogP contribution in [0.1, 0.15) is 61.4 Å². The summed E-state index contributed by atoms with van der Waals surface area (Å²) in [5, 5.41) is 3.57. The highest BCUT2D eigenvalue weighted by Crippen LogP contribution is 2.46.